The molecule has 0 aliphatic carbocycles. The lowest BCUT2D eigenvalue weighted by Crippen LogP contribution is -2.00. The number of rotatable bonds is 6. The SMILES string of the molecule is [2H]c1cc(-c2cccc3oc4cc(-c5nc(-c6ccccc6)nc(-c6ccc(-c7ccccc7)cc6)n5)ccc4c23)c(-n2c3c([2H])c([2H])c([2H])c([2H])c3c3c([2H])c([2H])c([2H])c([2H])c32)c([2H])c1[2H]. The maximum Gasteiger partial charge on any atom is 0.164 e. The van der Waals surface area contributed by atoms with Gasteiger partial charge >= 0.3 is 0 Å². The molecule has 0 unspecified atom stereocenters. The van der Waals surface area contributed by atoms with Crippen molar-refractivity contribution in [3.63, 3.8) is 0 Å². The van der Waals surface area contributed by atoms with Gasteiger partial charge in [0.25, 0.3) is 0 Å². The summed E-state index contributed by atoms with van der Waals surface area (Å²) in [5.41, 5.74) is 5.34. The highest BCUT2D eigenvalue weighted by Crippen LogP contribution is 2.42. The molecule has 3 aromatic heterocycles. The van der Waals surface area contributed by atoms with Gasteiger partial charge in [0.1, 0.15) is 11.2 Å². The van der Waals surface area contributed by atoms with Gasteiger partial charge in [-0.15, -0.1) is 0 Å². The van der Waals surface area contributed by atoms with Crippen molar-refractivity contribution in [3.05, 3.63) is 194 Å². The maximum atomic E-state index is 9.40. The van der Waals surface area contributed by atoms with E-state index in [1.807, 2.05) is 91.0 Å². The molecule has 11 aromatic rings. The lowest BCUT2D eigenvalue weighted by atomic mass is 9.97. The first-order valence-corrected chi connectivity index (χ1v) is 17.9. The third-order valence-corrected chi connectivity index (χ3v) is 9.94. The summed E-state index contributed by atoms with van der Waals surface area (Å²) < 4.78 is 105. The van der Waals surface area contributed by atoms with E-state index in [0.29, 0.717) is 50.5 Å². The molecule has 5 nitrogen and oxygen atoms in total. The highest BCUT2D eigenvalue weighted by Gasteiger charge is 2.20. The Balaban J connectivity index is 1.13. The first-order chi connectivity index (χ1) is 32.3. The normalized spacial score (nSPS) is 14.3. The molecular formula is C51H32N4O. The molecule has 0 atom stereocenters. The van der Waals surface area contributed by atoms with Crippen molar-refractivity contribution in [2.24, 2.45) is 0 Å². The van der Waals surface area contributed by atoms with Crippen LogP contribution in [-0.4, -0.2) is 19.5 Å². The number of fused-ring (bicyclic) bond motifs is 6. The van der Waals surface area contributed by atoms with Gasteiger partial charge in [-0.05, 0) is 53.0 Å². The van der Waals surface area contributed by atoms with E-state index in [9.17, 15) is 1.37 Å². The molecule has 0 fully saturated rings. The Morgan fingerprint density at radius 3 is 1.66 bits per heavy atom. The summed E-state index contributed by atoms with van der Waals surface area (Å²) in [6.07, 6.45) is 0. The molecule has 0 saturated heterocycles. The van der Waals surface area contributed by atoms with E-state index in [-0.39, 0.29) is 39.1 Å². The van der Waals surface area contributed by atoms with Gasteiger partial charge in [-0.1, -0.05) is 158 Å². The average molecular weight is 728 g/mol. The van der Waals surface area contributed by atoms with E-state index in [4.69, 9.17) is 33.1 Å². The summed E-state index contributed by atoms with van der Waals surface area (Å²) in [4.78, 5) is 14.8. The molecule has 56 heavy (non-hydrogen) atoms. The van der Waals surface area contributed by atoms with Crippen LogP contribution in [0.1, 0.15) is 15.1 Å². The molecule has 0 N–H and O–H groups in total. The van der Waals surface area contributed by atoms with Gasteiger partial charge in [-0.2, -0.15) is 0 Å². The Hall–Kier alpha value is -7.63. The second-order valence-corrected chi connectivity index (χ2v) is 13.2. The minimum absolute atomic E-state index is 0.113. The second-order valence-electron chi connectivity index (χ2n) is 13.2. The quantitative estimate of drug-likeness (QED) is 0.171. The number of furan rings is 1. The third kappa shape index (κ3) is 5.29. The zero-order chi connectivity index (χ0) is 46.6. The molecule has 262 valence electrons. The van der Waals surface area contributed by atoms with Gasteiger partial charge in [0.05, 0.1) is 31.8 Å². The van der Waals surface area contributed by atoms with Crippen molar-refractivity contribution < 1.29 is 19.5 Å². The topological polar surface area (TPSA) is 56.7 Å². The Labute approximate surface area is 338 Å². The lowest BCUT2D eigenvalue weighted by Gasteiger charge is -2.14. The van der Waals surface area contributed by atoms with E-state index in [1.165, 1.54) is 10.6 Å². The zero-order valence-corrected chi connectivity index (χ0v) is 29.3. The van der Waals surface area contributed by atoms with Crippen LogP contribution in [0.25, 0.3) is 106 Å². The second kappa shape index (κ2) is 13.0. The zero-order valence-electron chi connectivity index (χ0n) is 40.3. The number of aromatic nitrogens is 4. The molecule has 0 radical (unpaired) electrons. The van der Waals surface area contributed by atoms with Gasteiger partial charge in [0, 0.05) is 43.8 Å². The monoisotopic (exact) mass is 727 g/mol. The van der Waals surface area contributed by atoms with Gasteiger partial charge in [-0.25, -0.2) is 15.0 Å². The predicted molar refractivity (Wildman–Crippen MR) is 229 cm³/mol. The van der Waals surface area contributed by atoms with Crippen molar-refractivity contribution in [2.45, 2.75) is 0 Å². The van der Waals surface area contributed by atoms with E-state index in [0.717, 1.165) is 22.3 Å². The van der Waals surface area contributed by atoms with E-state index < -0.39 is 60.4 Å². The van der Waals surface area contributed by atoms with E-state index in [1.54, 1.807) is 18.2 Å². The molecule has 0 amide bonds. The van der Waals surface area contributed by atoms with Crippen LogP contribution in [0.5, 0.6) is 0 Å². The number of nitrogens with zero attached hydrogens (tertiary/aromatic N) is 4. The van der Waals surface area contributed by atoms with Gasteiger partial charge in [0.15, 0.2) is 17.5 Å². The summed E-state index contributed by atoms with van der Waals surface area (Å²) in [6.45, 7) is 0. The summed E-state index contributed by atoms with van der Waals surface area (Å²) in [7, 11) is 0. The van der Waals surface area contributed by atoms with Crippen LogP contribution in [0.15, 0.2) is 198 Å². The molecular weight excluding hydrogens is 685 g/mol. The molecule has 0 aliphatic rings. The van der Waals surface area contributed by atoms with Crippen molar-refractivity contribution in [1.29, 1.82) is 0 Å². The average Bonchev–Trinajstić information content (AvgIpc) is 3.92. The highest BCUT2D eigenvalue weighted by atomic mass is 16.3. The van der Waals surface area contributed by atoms with Crippen LogP contribution in [0.2, 0.25) is 0 Å². The van der Waals surface area contributed by atoms with Gasteiger partial charge in [0.2, 0.25) is 0 Å². The van der Waals surface area contributed by atoms with Crippen LogP contribution in [0, 0.1) is 0 Å². The van der Waals surface area contributed by atoms with Crippen molar-refractivity contribution >= 4 is 43.7 Å². The first-order valence-electron chi connectivity index (χ1n) is 23.4. The molecule has 5 heteroatoms. The Bertz CT molecular complexity index is 3800. The Kier molecular flexibility index (Phi) is 5.25. The summed E-state index contributed by atoms with van der Waals surface area (Å²) >= 11 is 0. The lowest BCUT2D eigenvalue weighted by molar-refractivity contribution is 0.669. The molecule has 11 rings (SSSR count). The van der Waals surface area contributed by atoms with E-state index >= 15 is 0 Å². The number of hydrogen-bond acceptors (Lipinski definition) is 4. The minimum atomic E-state index is -0.617. The third-order valence-electron chi connectivity index (χ3n) is 9.94. The highest BCUT2D eigenvalue weighted by molar-refractivity contribution is 6.15. The fourth-order valence-electron chi connectivity index (χ4n) is 7.35. The maximum absolute atomic E-state index is 9.40. The molecule has 0 spiro atoms. The summed E-state index contributed by atoms with van der Waals surface area (Å²) in [5, 5.41) is 0.862. The smallest absolute Gasteiger partial charge is 0.164 e. The molecule has 3 heterocycles. The Morgan fingerprint density at radius 2 is 0.964 bits per heavy atom. The minimum Gasteiger partial charge on any atom is -0.456 e. The number of hydrogen-bond donors (Lipinski definition) is 0. The number of para-hydroxylation sites is 3. The Morgan fingerprint density at radius 1 is 0.411 bits per heavy atom. The first kappa shape index (κ1) is 22.6. The van der Waals surface area contributed by atoms with Gasteiger partial charge < -0.3 is 8.98 Å². The largest absolute Gasteiger partial charge is 0.456 e. The van der Waals surface area contributed by atoms with Gasteiger partial charge in [-0.3, -0.25) is 0 Å². The van der Waals surface area contributed by atoms with Crippen molar-refractivity contribution in [3.8, 4) is 62.1 Å². The van der Waals surface area contributed by atoms with Crippen LogP contribution in [0.4, 0.5) is 0 Å². The summed E-state index contributed by atoms with van der Waals surface area (Å²) in [6, 6.07) is 34.0. The van der Waals surface area contributed by atoms with E-state index in [2.05, 4.69) is 12.1 Å². The van der Waals surface area contributed by atoms with Crippen LogP contribution >= 0.6 is 0 Å². The molecule has 0 bridgehead atoms. The van der Waals surface area contributed by atoms with Crippen LogP contribution in [0.3, 0.4) is 0 Å². The standard InChI is InChI=1S/C51H32N4O/c1-3-14-33(15-4-1)34-26-28-36(29-27-34)50-52-49(35-16-5-2-6-17-35)53-51(54-50)37-30-31-42-47(32-37)56-46-25-13-21-41(48(42)46)40-20-9-12-24-45(40)55-43-22-10-7-18-38(43)39-19-8-11-23-44(39)55/h1-32H/i7D,8D,9D,10D,11D,12D,18D,19D,22D,23D,24D. The number of benzene rings is 8. The van der Waals surface area contributed by atoms with Crippen LogP contribution < -0.4 is 0 Å². The fraction of sp³-hybridized carbons (Fsp3) is 0. The summed E-state index contributed by atoms with van der Waals surface area (Å²) in [5.74, 6) is 1.34. The molecule has 8 aromatic carbocycles. The predicted octanol–water partition coefficient (Wildman–Crippen LogP) is 13.2. The van der Waals surface area contributed by atoms with Crippen LogP contribution in [-0.2, 0) is 0 Å². The van der Waals surface area contributed by atoms with Crippen molar-refractivity contribution in [1.82, 2.24) is 19.5 Å². The van der Waals surface area contributed by atoms with Crippen molar-refractivity contribution in [2.75, 3.05) is 0 Å². The molecule has 0 saturated carbocycles. The fourth-order valence-corrected chi connectivity index (χ4v) is 7.35. The molecule has 0 aliphatic heterocycles.